The Hall–Kier alpha value is -1.18. The lowest BCUT2D eigenvalue weighted by Crippen LogP contribution is -2.46. The molecule has 0 atom stereocenters. The largest absolute Gasteiger partial charge is 0.365 e. The second-order valence-electron chi connectivity index (χ2n) is 4.72. The fraction of sp³-hybridized carbons (Fsp3) is 0.538. The highest BCUT2D eigenvalue weighted by molar-refractivity contribution is 7.19. The third-order valence-electron chi connectivity index (χ3n) is 3.55. The molecule has 1 aliphatic heterocycles. The van der Waals surface area contributed by atoms with Crippen molar-refractivity contribution in [2.24, 2.45) is 0 Å². The van der Waals surface area contributed by atoms with Crippen LogP contribution in [0.1, 0.15) is 6.92 Å². The Morgan fingerprint density at radius 1 is 1.30 bits per heavy atom. The Morgan fingerprint density at radius 3 is 2.75 bits per heavy atom. The summed E-state index contributed by atoms with van der Waals surface area (Å²) in [6.45, 7) is 7.76. The lowest BCUT2D eigenvalue weighted by Gasteiger charge is -2.33. The van der Waals surface area contributed by atoms with Gasteiger partial charge in [0.2, 0.25) is 0 Å². The number of hydrogen-bond acceptors (Lipinski definition) is 7. The molecule has 20 heavy (non-hydrogen) atoms. The summed E-state index contributed by atoms with van der Waals surface area (Å²) in [6.07, 6.45) is 1.95. The predicted molar refractivity (Wildman–Crippen MR) is 87.1 cm³/mol. The second kappa shape index (κ2) is 6.07. The van der Waals surface area contributed by atoms with Crippen molar-refractivity contribution in [1.29, 1.82) is 0 Å². The lowest BCUT2D eigenvalue weighted by atomic mass is 10.3. The summed E-state index contributed by atoms with van der Waals surface area (Å²) >= 11 is 3.37. The highest BCUT2D eigenvalue weighted by atomic mass is 32.1. The van der Waals surface area contributed by atoms with E-state index in [4.69, 9.17) is 0 Å². The number of likely N-dealkylation sites (N-methyl/N-ethyl adjacent to an activating group) is 1. The SMILES string of the molecule is CCN1CCN(c2ncc(-c3csc(NC)n3)s2)CC1. The van der Waals surface area contributed by atoms with Crippen LogP contribution in [0.25, 0.3) is 10.6 Å². The van der Waals surface area contributed by atoms with Gasteiger partial charge in [-0.1, -0.05) is 18.3 Å². The molecule has 0 unspecified atom stereocenters. The molecule has 5 nitrogen and oxygen atoms in total. The summed E-state index contributed by atoms with van der Waals surface area (Å²) in [7, 11) is 1.90. The summed E-state index contributed by atoms with van der Waals surface area (Å²) in [6, 6.07) is 0. The normalized spacial score (nSPS) is 16.6. The lowest BCUT2D eigenvalue weighted by molar-refractivity contribution is 0.271. The molecule has 0 saturated carbocycles. The number of nitrogens with zero attached hydrogens (tertiary/aromatic N) is 4. The van der Waals surface area contributed by atoms with Crippen LogP contribution in [0.4, 0.5) is 10.3 Å². The Labute approximate surface area is 127 Å². The number of nitrogens with one attached hydrogen (secondary N) is 1. The van der Waals surface area contributed by atoms with Crippen LogP contribution < -0.4 is 10.2 Å². The summed E-state index contributed by atoms with van der Waals surface area (Å²) in [5.41, 5.74) is 1.02. The first-order valence-corrected chi connectivity index (χ1v) is 8.56. The van der Waals surface area contributed by atoms with Gasteiger partial charge in [0.25, 0.3) is 0 Å². The molecule has 1 aliphatic rings. The van der Waals surface area contributed by atoms with Crippen LogP contribution in [0, 0.1) is 0 Å². The van der Waals surface area contributed by atoms with Crippen molar-refractivity contribution in [3.05, 3.63) is 11.6 Å². The first-order chi connectivity index (χ1) is 9.80. The van der Waals surface area contributed by atoms with Gasteiger partial charge in [0, 0.05) is 44.8 Å². The molecule has 3 rings (SSSR count). The fourth-order valence-corrected chi connectivity index (χ4v) is 3.96. The molecule has 0 aliphatic carbocycles. The van der Waals surface area contributed by atoms with Gasteiger partial charge < -0.3 is 15.1 Å². The third kappa shape index (κ3) is 2.79. The number of aromatic nitrogens is 2. The molecular formula is C13H19N5S2. The van der Waals surface area contributed by atoms with E-state index in [9.17, 15) is 0 Å². The Balaban J connectivity index is 1.70. The molecule has 7 heteroatoms. The minimum atomic E-state index is 0.950. The molecule has 1 N–H and O–H groups in total. The molecule has 2 aromatic rings. The number of hydrogen-bond donors (Lipinski definition) is 1. The molecule has 0 radical (unpaired) electrons. The van der Waals surface area contributed by atoms with E-state index < -0.39 is 0 Å². The van der Waals surface area contributed by atoms with Gasteiger partial charge in [0.15, 0.2) is 10.3 Å². The van der Waals surface area contributed by atoms with Gasteiger partial charge >= 0.3 is 0 Å². The molecule has 2 aromatic heterocycles. The van der Waals surface area contributed by atoms with Crippen molar-refractivity contribution in [2.45, 2.75) is 6.92 Å². The molecular weight excluding hydrogens is 290 g/mol. The van der Waals surface area contributed by atoms with Gasteiger partial charge in [-0.25, -0.2) is 9.97 Å². The van der Waals surface area contributed by atoms with Crippen molar-refractivity contribution < 1.29 is 0 Å². The van der Waals surface area contributed by atoms with Crippen molar-refractivity contribution in [2.75, 3.05) is 50.0 Å². The molecule has 0 amide bonds. The van der Waals surface area contributed by atoms with Crippen LogP contribution in [0.2, 0.25) is 0 Å². The van der Waals surface area contributed by atoms with Crippen molar-refractivity contribution >= 4 is 32.9 Å². The van der Waals surface area contributed by atoms with Gasteiger partial charge in [-0.05, 0) is 6.54 Å². The Morgan fingerprint density at radius 2 is 2.10 bits per heavy atom. The summed E-state index contributed by atoms with van der Waals surface area (Å²) in [5.74, 6) is 0. The first kappa shape index (κ1) is 13.8. The van der Waals surface area contributed by atoms with E-state index in [1.807, 2.05) is 13.2 Å². The summed E-state index contributed by atoms with van der Waals surface area (Å²) in [4.78, 5) is 15.1. The van der Waals surface area contributed by atoms with Crippen LogP contribution >= 0.6 is 22.7 Å². The number of anilines is 2. The Bertz CT molecular complexity index is 557. The smallest absolute Gasteiger partial charge is 0.185 e. The molecule has 0 aromatic carbocycles. The minimum Gasteiger partial charge on any atom is -0.365 e. The van der Waals surface area contributed by atoms with Crippen LogP contribution in [0.3, 0.4) is 0 Å². The van der Waals surface area contributed by atoms with E-state index in [2.05, 4.69) is 37.4 Å². The highest BCUT2D eigenvalue weighted by Gasteiger charge is 2.19. The molecule has 1 fully saturated rings. The average molecular weight is 309 g/mol. The number of thiazole rings is 2. The van der Waals surface area contributed by atoms with Gasteiger partial charge in [-0.3, -0.25) is 0 Å². The zero-order chi connectivity index (χ0) is 13.9. The van der Waals surface area contributed by atoms with Crippen molar-refractivity contribution in [3.8, 4) is 10.6 Å². The minimum absolute atomic E-state index is 0.950. The topological polar surface area (TPSA) is 44.3 Å². The maximum atomic E-state index is 4.57. The van der Waals surface area contributed by atoms with E-state index in [1.54, 1.807) is 22.7 Å². The van der Waals surface area contributed by atoms with Gasteiger partial charge in [-0.15, -0.1) is 11.3 Å². The molecule has 0 spiro atoms. The van der Waals surface area contributed by atoms with Gasteiger partial charge in [0.05, 0.1) is 10.6 Å². The maximum absolute atomic E-state index is 4.57. The predicted octanol–water partition coefficient (Wildman–Crippen LogP) is 2.45. The standard InChI is InChI=1S/C13H19N5S2/c1-3-17-4-6-18(7-5-17)13-15-8-11(20-13)10-9-19-12(14-2)16-10/h8-9H,3-7H2,1-2H3,(H,14,16). The van der Waals surface area contributed by atoms with Gasteiger partial charge in [0.1, 0.15) is 0 Å². The second-order valence-corrected chi connectivity index (χ2v) is 6.58. The van der Waals surface area contributed by atoms with E-state index in [0.29, 0.717) is 0 Å². The van der Waals surface area contributed by atoms with E-state index in [0.717, 1.165) is 53.6 Å². The first-order valence-electron chi connectivity index (χ1n) is 6.87. The number of piperazine rings is 1. The third-order valence-corrected chi connectivity index (χ3v) is 5.49. The van der Waals surface area contributed by atoms with Crippen molar-refractivity contribution in [3.63, 3.8) is 0 Å². The molecule has 1 saturated heterocycles. The van der Waals surface area contributed by atoms with Gasteiger partial charge in [-0.2, -0.15) is 0 Å². The monoisotopic (exact) mass is 309 g/mol. The fourth-order valence-electron chi connectivity index (χ4n) is 2.29. The van der Waals surface area contributed by atoms with Crippen molar-refractivity contribution in [1.82, 2.24) is 14.9 Å². The van der Waals surface area contributed by atoms with E-state index >= 15 is 0 Å². The molecule has 0 bridgehead atoms. The number of rotatable bonds is 4. The maximum Gasteiger partial charge on any atom is 0.185 e. The van der Waals surface area contributed by atoms with Crippen LogP contribution in [-0.2, 0) is 0 Å². The van der Waals surface area contributed by atoms with E-state index in [-0.39, 0.29) is 0 Å². The van der Waals surface area contributed by atoms with E-state index in [1.165, 1.54) is 0 Å². The molecule has 108 valence electrons. The molecule has 3 heterocycles. The zero-order valence-electron chi connectivity index (χ0n) is 11.8. The quantitative estimate of drug-likeness (QED) is 0.940. The van der Waals surface area contributed by atoms with Crippen LogP contribution in [0.15, 0.2) is 11.6 Å². The zero-order valence-corrected chi connectivity index (χ0v) is 13.4. The van der Waals surface area contributed by atoms with Crippen LogP contribution in [-0.4, -0.2) is 54.6 Å². The van der Waals surface area contributed by atoms with Crippen LogP contribution in [0.5, 0.6) is 0 Å². The average Bonchev–Trinajstić information content (AvgIpc) is 3.16. The summed E-state index contributed by atoms with van der Waals surface area (Å²) < 4.78 is 0. The summed E-state index contributed by atoms with van der Waals surface area (Å²) in [5, 5.41) is 7.23. The Kier molecular flexibility index (Phi) is 4.18. The highest BCUT2D eigenvalue weighted by Crippen LogP contribution is 2.33.